The van der Waals surface area contributed by atoms with E-state index < -0.39 is 0 Å². The number of hydrogen-bond acceptors (Lipinski definition) is 5. The van der Waals surface area contributed by atoms with Crippen LogP contribution in [0.5, 0.6) is 0 Å². The number of hydrogen-bond donors (Lipinski definition) is 1. The average molecular weight is 361 g/mol. The second-order valence-corrected chi connectivity index (χ2v) is 7.95. The van der Waals surface area contributed by atoms with E-state index in [4.69, 9.17) is 9.47 Å². The van der Waals surface area contributed by atoms with Crippen molar-refractivity contribution in [3.05, 3.63) is 24.3 Å². The van der Waals surface area contributed by atoms with E-state index in [9.17, 15) is 4.79 Å². The highest BCUT2D eigenvalue weighted by atomic mass is 16.6. The van der Waals surface area contributed by atoms with Crippen LogP contribution in [0.1, 0.15) is 26.7 Å². The van der Waals surface area contributed by atoms with Gasteiger partial charge in [0.05, 0.1) is 31.3 Å². The Hall–Kier alpha value is -1.63. The Morgan fingerprint density at radius 1 is 1.19 bits per heavy atom. The van der Waals surface area contributed by atoms with Gasteiger partial charge in [-0.25, -0.2) is 0 Å². The lowest BCUT2D eigenvalue weighted by Crippen LogP contribution is -2.43. The van der Waals surface area contributed by atoms with Crippen LogP contribution in [0.2, 0.25) is 0 Å². The van der Waals surface area contributed by atoms with Gasteiger partial charge in [0.1, 0.15) is 0 Å². The number of carbonyl (C=O) groups is 1. The zero-order valence-corrected chi connectivity index (χ0v) is 16.2. The zero-order chi connectivity index (χ0) is 18.6. The predicted octanol–water partition coefficient (Wildman–Crippen LogP) is 2.35. The number of anilines is 2. The number of benzene rings is 1. The molecule has 0 saturated carbocycles. The molecule has 0 bridgehead atoms. The minimum absolute atomic E-state index is 0.0394. The standard InChI is InChI=1S/C20H31N3O3/c1-20(2)15-25-18(14-26-20)13-19(24)21-16-5-7-17(8-6-16)23-10-4-9-22(3)11-12-23/h5-8,18H,4,9-15H2,1-3H3,(H,21,24). The summed E-state index contributed by atoms with van der Waals surface area (Å²) >= 11 is 0. The van der Waals surface area contributed by atoms with Gasteiger partial charge in [-0.15, -0.1) is 0 Å². The summed E-state index contributed by atoms with van der Waals surface area (Å²) in [6.07, 6.45) is 1.32. The van der Waals surface area contributed by atoms with Gasteiger partial charge < -0.3 is 24.6 Å². The van der Waals surface area contributed by atoms with Gasteiger partial charge in [-0.3, -0.25) is 4.79 Å². The van der Waals surface area contributed by atoms with E-state index in [1.54, 1.807) is 0 Å². The molecule has 1 amide bonds. The summed E-state index contributed by atoms with van der Waals surface area (Å²) in [6, 6.07) is 8.12. The molecule has 2 heterocycles. The highest BCUT2D eigenvalue weighted by molar-refractivity contribution is 5.91. The summed E-state index contributed by atoms with van der Waals surface area (Å²) in [5, 5.41) is 2.96. The number of nitrogens with one attached hydrogen (secondary N) is 1. The molecule has 0 spiro atoms. The Bertz CT molecular complexity index is 593. The van der Waals surface area contributed by atoms with Crippen LogP contribution >= 0.6 is 0 Å². The summed E-state index contributed by atoms with van der Waals surface area (Å²) in [5.74, 6) is -0.0394. The van der Waals surface area contributed by atoms with Gasteiger partial charge in [-0.05, 0) is 58.1 Å². The molecule has 26 heavy (non-hydrogen) atoms. The van der Waals surface area contributed by atoms with Crippen molar-refractivity contribution in [3.8, 4) is 0 Å². The summed E-state index contributed by atoms with van der Waals surface area (Å²) in [6.45, 7) is 9.31. The van der Waals surface area contributed by atoms with Gasteiger partial charge in [-0.2, -0.15) is 0 Å². The molecule has 6 heteroatoms. The predicted molar refractivity (Wildman–Crippen MR) is 104 cm³/mol. The Balaban J connectivity index is 1.48. The maximum atomic E-state index is 12.2. The van der Waals surface area contributed by atoms with Crippen LogP contribution < -0.4 is 10.2 Å². The Kier molecular flexibility index (Phi) is 6.16. The number of nitrogens with zero attached hydrogens (tertiary/aromatic N) is 2. The second-order valence-electron chi connectivity index (χ2n) is 7.95. The number of rotatable bonds is 4. The van der Waals surface area contributed by atoms with Crippen LogP contribution in [0.15, 0.2) is 24.3 Å². The minimum Gasteiger partial charge on any atom is -0.372 e. The van der Waals surface area contributed by atoms with E-state index in [1.807, 2.05) is 26.0 Å². The Morgan fingerprint density at radius 3 is 2.65 bits per heavy atom. The van der Waals surface area contributed by atoms with Crippen LogP contribution in [-0.2, 0) is 14.3 Å². The molecule has 2 aliphatic rings. The molecule has 3 rings (SSSR count). The molecule has 6 nitrogen and oxygen atoms in total. The monoisotopic (exact) mass is 361 g/mol. The molecule has 0 aromatic heterocycles. The third kappa shape index (κ3) is 5.43. The second kappa shape index (κ2) is 8.37. The summed E-state index contributed by atoms with van der Waals surface area (Å²) in [4.78, 5) is 17.0. The molecular weight excluding hydrogens is 330 g/mol. The largest absolute Gasteiger partial charge is 0.372 e. The molecule has 1 aromatic rings. The first-order valence-corrected chi connectivity index (χ1v) is 9.50. The van der Waals surface area contributed by atoms with Crippen LogP contribution in [0.3, 0.4) is 0 Å². The lowest BCUT2D eigenvalue weighted by molar-refractivity contribution is -0.177. The van der Waals surface area contributed by atoms with Crippen molar-refractivity contribution in [2.75, 3.05) is 56.7 Å². The molecule has 1 atom stereocenters. The fourth-order valence-electron chi connectivity index (χ4n) is 3.32. The highest BCUT2D eigenvalue weighted by Crippen LogP contribution is 2.21. The van der Waals surface area contributed by atoms with Crippen molar-refractivity contribution in [1.82, 2.24) is 4.90 Å². The maximum absolute atomic E-state index is 12.2. The molecule has 2 fully saturated rings. The first kappa shape index (κ1) is 19.1. The molecule has 0 radical (unpaired) electrons. The van der Waals surface area contributed by atoms with Crippen molar-refractivity contribution in [3.63, 3.8) is 0 Å². The van der Waals surface area contributed by atoms with Crippen LogP contribution in [0.25, 0.3) is 0 Å². The van der Waals surface area contributed by atoms with Crippen LogP contribution in [0, 0.1) is 0 Å². The van der Waals surface area contributed by atoms with Crippen molar-refractivity contribution in [1.29, 1.82) is 0 Å². The molecule has 1 unspecified atom stereocenters. The number of carbonyl (C=O) groups excluding carboxylic acids is 1. The zero-order valence-electron chi connectivity index (χ0n) is 16.2. The van der Waals surface area contributed by atoms with Crippen LogP contribution in [-0.4, -0.2) is 69.0 Å². The Labute approximate surface area is 156 Å². The molecule has 1 N–H and O–H groups in total. The van der Waals surface area contributed by atoms with E-state index in [1.165, 1.54) is 12.1 Å². The molecule has 2 saturated heterocycles. The first-order chi connectivity index (χ1) is 12.4. The fourth-order valence-corrected chi connectivity index (χ4v) is 3.32. The van der Waals surface area contributed by atoms with Crippen molar-refractivity contribution in [2.24, 2.45) is 0 Å². The van der Waals surface area contributed by atoms with Gasteiger partial charge in [0, 0.05) is 31.0 Å². The smallest absolute Gasteiger partial charge is 0.227 e. The van der Waals surface area contributed by atoms with Gasteiger partial charge >= 0.3 is 0 Å². The van der Waals surface area contributed by atoms with Gasteiger partial charge in [0.2, 0.25) is 5.91 Å². The fraction of sp³-hybridized carbons (Fsp3) is 0.650. The third-order valence-electron chi connectivity index (χ3n) is 4.98. The van der Waals surface area contributed by atoms with Gasteiger partial charge in [-0.1, -0.05) is 0 Å². The van der Waals surface area contributed by atoms with Crippen molar-refractivity contribution < 1.29 is 14.3 Å². The molecule has 2 aliphatic heterocycles. The highest BCUT2D eigenvalue weighted by Gasteiger charge is 2.29. The topological polar surface area (TPSA) is 54.0 Å². The van der Waals surface area contributed by atoms with E-state index >= 15 is 0 Å². The summed E-state index contributed by atoms with van der Waals surface area (Å²) in [5.41, 5.74) is 1.78. The summed E-state index contributed by atoms with van der Waals surface area (Å²) < 4.78 is 11.4. The van der Waals surface area contributed by atoms with Crippen LogP contribution in [0.4, 0.5) is 11.4 Å². The van der Waals surface area contributed by atoms with Gasteiger partial charge in [0.25, 0.3) is 0 Å². The average Bonchev–Trinajstić information content (AvgIpc) is 2.82. The lowest BCUT2D eigenvalue weighted by Gasteiger charge is -2.34. The lowest BCUT2D eigenvalue weighted by atomic mass is 10.1. The van der Waals surface area contributed by atoms with Gasteiger partial charge in [0.15, 0.2) is 0 Å². The first-order valence-electron chi connectivity index (χ1n) is 9.50. The van der Waals surface area contributed by atoms with Crippen molar-refractivity contribution >= 4 is 17.3 Å². The summed E-state index contributed by atoms with van der Waals surface area (Å²) in [7, 11) is 2.17. The van der Waals surface area contributed by atoms with E-state index in [2.05, 4.69) is 34.3 Å². The molecular formula is C20H31N3O3. The SMILES string of the molecule is CN1CCCN(c2ccc(NC(=O)CC3COC(C)(C)CO3)cc2)CC1. The van der Waals surface area contributed by atoms with E-state index in [-0.39, 0.29) is 17.6 Å². The Morgan fingerprint density at radius 2 is 1.96 bits per heavy atom. The molecule has 1 aromatic carbocycles. The third-order valence-corrected chi connectivity index (χ3v) is 4.98. The number of amides is 1. The minimum atomic E-state index is -0.259. The van der Waals surface area contributed by atoms with E-state index in [0.29, 0.717) is 19.6 Å². The molecule has 144 valence electrons. The number of ether oxygens (including phenoxy) is 2. The van der Waals surface area contributed by atoms with Crippen molar-refractivity contribution in [2.45, 2.75) is 38.4 Å². The normalized spacial score (nSPS) is 24.1. The maximum Gasteiger partial charge on any atom is 0.227 e. The quantitative estimate of drug-likeness (QED) is 0.892. The van der Waals surface area contributed by atoms with E-state index in [0.717, 1.165) is 31.9 Å². The molecule has 0 aliphatic carbocycles. The number of likely N-dealkylation sites (N-methyl/N-ethyl adjacent to an activating group) is 1.